The molecule has 1 aromatic rings. The van der Waals surface area contributed by atoms with Crippen molar-refractivity contribution < 1.29 is 4.52 Å². The summed E-state index contributed by atoms with van der Waals surface area (Å²) in [4.78, 5) is 13.6. The monoisotopic (exact) mass is 434 g/mol. The van der Waals surface area contributed by atoms with Crippen LogP contribution in [0.1, 0.15) is 37.4 Å². The van der Waals surface area contributed by atoms with Crippen LogP contribution in [0.15, 0.2) is 9.52 Å². The first-order chi connectivity index (χ1) is 10.8. The van der Waals surface area contributed by atoms with Gasteiger partial charge in [0.15, 0.2) is 11.8 Å². The van der Waals surface area contributed by atoms with Gasteiger partial charge in [0, 0.05) is 26.2 Å². The Bertz CT molecular complexity index is 514. The van der Waals surface area contributed by atoms with Crippen molar-refractivity contribution in [3.05, 3.63) is 11.7 Å². The highest BCUT2D eigenvalue weighted by Crippen LogP contribution is 2.20. The average Bonchev–Trinajstić information content (AvgIpc) is 3.18. The molecule has 2 saturated heterocycles. The van der Waals surface area contributed by atoms with Crippen LogP contribution in [0.25, 0.3) is 0 Å². The molecule has 0 saturated carbocycles. The van der Waals surface area contributed by atoms with Crippen molar-refractivity contribution in [3.63, 3.8) is 0 Å². The third-order valence-corrected chi connectivity index (χ3v) is 4.55. The van der Waals surface area contributed by atoms with E-state index in [2.05, 4.69) is 30.2 Å². The maximum atomic E-state index is 5.13. The van der Waals surface area contributed by atoms with Crippen LogP contribution in [-0.2, 0) is 6.54 Å². The number of nitrogens with zero attached hydrogens (tertiary/aromatic N) is 5. The minimum absolute atomic E-state index is 0. The van der Waals surface area contributed by atoms with E-state index in [-0.39, 0.29) is 24.0 Å². The zero-order valence-corrected chi connectivity index (χ0v) is 16.3. The van der Waals surface area contributed by atoms with E-state index in [0.29, 0.717) is 24.3 Å². The summed E-state index contributed by atoms with van der Waals surface area (Å²) in [6.07, 6.45) is 5.31. The Hall–Kier alpha value is -0.900. The Morgan fingerprint density at radius 1 is 1.30 bits per heavy atom. The van der Waals surface area contributed by atoms with Gasteiger partial charge in [0.2, 0.25) is 5.89 Å². The number of aliphatic imine (C=N–C) groups is 1. The van der Waals surface area contributed by atoms with Crippen LogP contribution in [0.3, 0.4) is 0 Å². The number of piperidine rings is 1. The summed E-state index contributed by atoms with van der Waals surface area (Å²) < 4.78 is 5.13. The number of aromatic nitrogens is 2. The fourth-order valence-corrected chi connectivity index (χ4v) is 3.41. The molecule has 0 bridgehead atoms. The smallest absolute Gasteiger partial charge is 0.246 e. The molecular weight excluding hydrogens is 407 g/mol. The topological polar surface area (TPSA) is 69.8 Å². The first kappa shape index (κ1) is 18.4. The maximum absolute atomic E-state index is 5.13. The Labute approximate surface area is 154 Å². The quantitative estimate of drug-likeness (QED) is 0.443. The maximum Gasteiger partial charge on any atom is 0.246 e. The van der Waals surface area contributed by atoms with Crippen molar-refractivity contribution in [1.29, 1.82) is 0 Å². The summed E-state index contributed by atoms with van der Waals surface area (Å²) in [5.41, 5.74) is 0. The number of hydrogen-bond acceptors (Lipinski definition) is 5. The fraction of sp³-hybridized carbons (Fsp3) is 0.800. The fourth-order valence-electron chi connectivity index (χ4n) is 3.41. The molecule has 0 radical (unpaired) electrons. The van der Waals surface area contributed by atoms with Crippen molar-refractivity contribution in [2.45, 2.75) is 45.2 Å². The van der Waals surface area contributed by atoms with Crippen LogP contribution in [-0.4, -0.2) is 65.2 Å². The molecule has 2 aliphatic heterocycles. The second kappa shape index (κ2) is 8.81. The van der Waals surface area contributed by atoms with E-state index >= 15 is 0 Å². The molecule has 0 aromatic carbocycles. The Morgan fingerprint density at radius 3 is 2.74 bits per heavy atom. The van der Waals surface area contributed by atoms with Crippen LogP contribution in [0.4, 0.5) is 0 Å². The second-order valence-electron chi connectivity index (χ2n) is 6.12. The van der Waals surface area contributed by atoms with E-state index in [1.165, 1.54) is 38.8 Å². The van der Waals surface area contributed by atoms with Gasteiger partial charge in [0.05, 0.1) is 6.54 Å². The first-order valence-corrected chi connectivity index (χ1v) is 8.25. The van der Waals surface area contributed by atoms with Gasteiger partial charge >= 0.3 is 0 Å². The molecule has 3 rings (SSSR count). The largest absolute Gasteiger partial charge is 0.347 e. The number of hydrogen-bond donors (Lipinski definition) is 1. The summed E-state index contributed by atoms with van der Waals surface area (Å²) in [7, 11) is 1.83. The van der Waals surface area contributed by atoms with Crippen LogP contribution in [0, 0.1) is 6.92 Å². The number of halogens is 1. The predicted octanol–water partition coefficient (Wildman–Crippen LogP) is 1.63. The number of guanidine groups is 1. The van der Waals surface area contributed by atoms with Gasteiger partial charge in [-0.25, -0.2) is 0 Å². The van der Waals surface area contributed by atoms with Crippen LogP contribution < -0.4 is 5.32 Å². The SMILES string of the molecule is CN=C(NCc1nc(C)no1)N1CCC(N2CCCCC2)C1.I. The van der Waals surface area contributed by atoms with Crippen molar-refractivity contribution in [1.82, 2.24) is 25.3 Å². The summed E-state index contributed by atoms with van der Waals surface area (Å²) in [6, 6.07) is 0.671. The third kappa shape index (κ3) is 4.79. The lowest BCUT2D eigenvalue weighted by atomic mass is 10.1. The molecule has 1 unspecified atom stereocenters. The molecule has 1 aromatic heterocycles. The second-order valence-corrected chi connectivity index (χ2v) is 6.12. The van der Waals surface area contributed by atoms with Crippen molar-refractivity contribution >= 4 is 29.9 Å². The molecule has 0 aliphatic carbocycles. The van der Waals surface area contributed by atoms with Crippen molar-refractivity contribution in [2.24, 2.45) is 4.99 Å². The van der Waals surface area contributed by atoms with E-state index < -0.39 is 0 Å². The highest BCUT2D eigenvalue weighted by atomic mass is 127. The molecule has 2 fully saturated rings. The summed E-state index contributed by atoms with van der Waals surface area (Å²) in [5.74, 6) is 2.19. The standard InChI is InChI=1S/C15H26N6O.HI/c1-12-18-14(22-19-12)10-17-15(16-2)21-9-6-13(11-21)20-7-4-3-5-8-20;/h13H,3-11H2,1-2H3,(H,16,17);1H. The lowest BCUT2D eigenvalue weighted by molar-refractivity contribution is 0.168. The molecule has 3 heterocycles. The van der Waals surface area contributed by atoms with E-state index in [4.69, 9.17) is 4.52 Å². The highest BCUT2D eigenvalue weighted by molar-refractivity contribution is 14.0. The Morgan fingerprint density at radius 2 is 2.09 bits per heavy atom. The molecular formula is C15H27IN6O. The highest BCUT2D eigenvalue weighted by Gasteiger charge is 2.30. The summed E-state index contributed by atoms with van der Waals surface area (Å²) >= 11 is 0. The Balaban J connectivity index is 0.00000192. The van der Waals surface area contributed by atoms with Crippen molar-refractivity contribution in [2.75, 3.05) is 33.2 Å². The molecule has 2 aliphatic rings. The van der Waals surface area contributed by atoms with Gasteiger partial charge < -0.3 is 14.7 Å². The van der Waals surface area contributed by atoms with Gasteiger partial charge in [-0.1, -0.05) is 11.6 Å². The average molecular weight is 434 g/mol. The molecule has 8 heteroatoms. The molecule has 1 N–H and O–H groups in total. The van der Waals surface area contributed by atoms with E-state index in [9.17, 15) is 0 Å². The first-order valence-electron chi connectivity index (χ1n) is 8.25. The zero-order valence-electron chi connectivity index (χ0n) is 14.0. The molecule has 1 atom stereocenters. The number of nitrogens with one attached hydrogen (secondary N) is 1. The number of rotatable bonds is 3. The van der Waals surface area contributed by atoms with Crippen LogP contribution in [0.2, 0.25) is 0 Å². The third-order valence-electron chi connectivity index (χ3n) is 4.55. The molecule has 0 spiro atoms. The number of aryl methyl sites for hydroxylation is 1. The van der Waals surface area contributed by atoms with Crippen LogP contribution in [0.5, 0.6) is 0 Å². The van der Waals surface area contributed by atoms with E-state index in [0.717, 1.165) is 19.0 Å². The van der Waals surface area contributed by atoms with Crippen LogP contribution >= 0.6 is 24.0 Å². The summed E-state index contributed by atoms with van der Waals surface area (Å²) in [6.45, 7) is 6.98. The van der Waals surface area contributed by atoms with Gasteiger partial charge in [-0.05, 0) is 39.3 Å². The molecule has 7 nitrogen and oxygen atoms in total. The minimum atomic E-state index is 0. The molecule has 0 amide bonds. The van der Waals surface area contributed by atoms with E-state index in [1.54, 1.807) is 0 Å². The Kier molecular flexibility index (Phi) is 7.07. The lowest BCUT2D eigenvalue weighted by Gasteiger charge is -2.32. The molecule has 23 heavy (non-hydrogen) atoms. The van der Waals surface area contributed by atoms with Gasteiger partial charge in [0.25, 0.3) is 0 Å². The van der Waals surface area contributed by atoms with Gasteiger partial charge in [-0.3, -0.25) is 9.89 Å². The normalized spacial score (nSPS) is 23.0. The predicted molar refractivity (Wildman–Crippen MR) is 100 cm³/mol. The van der Waals surface area contributed by atoms with Gasteiger partial charge in [0.1, 0.15) is 0 Å². The lowest BCUT2D eigenvalue weighted by Crippen LogP contribution is -2.44. The zero-order chi connectivity index (χ0) is 15.4. The van der Waals surface area contributed by atoms with Crippen molar-refractivity contribution in [3.8, 4) is 0 Å². The number of likely N-dealkylation sites (tertiary alicyclic amines) is 2. The minimum Gasteiger partial charge on any atom is -0.347 e. The summed E-state index contributed by atoms with van der Waals surface area (Å²) in [5, 5.41) is 7.13. The van der Waals surface area contributed by atoms with E-state index in [1.807, 2.05) is 14.0 Å². The molecule has 130 valence electrons. The van der Waals surface area contributed by atoms with Gasteiger partial charge in [-0.2, -0.15) is 4.98 Å². The van der Waals surface area contributed by atoms with Gasteiger partial charge in [-0.15, -0.1) is 24.0 Å².